The van der Waals surface area contributed by atoms with Crippen LogP contribution in [0.15, 0.2) is 36.4 Å². The van der Waals surface area contributed by atoms with Crippen LogP contribution in [0, 0.1) is 16.0 Å². The number of hydrogen-bond acceptors (Lipinski definition) is 7. The fourth-order valence-electron chi connectivity index (χ4n) is 3.21. The van der Waals surface area contributed by atoms with Gasteiger partial charge in [-0.2, -0.15) is 0 Å². The van der Waals surface area contributed by atoms with Crippen LogP contribution in [0.4, 0.5) is 17.1 Å². The molecule has 3 rings (SSSR count). The number of ether oxygens (including phenoxy) is 3. The molecule has 0 aliphatic carbocycles. The lowest BCUT2D eigenvalue weighted by Crippen LogP contribution is -2.50. The van der Waals surface area contributed by atoms with Gasteiger partial charge >= 0.3 is 0 Å². The van der Waals surface area contributed by atoms with Crippen molar-refractivity contribution in [3.05, 3.63) is 46.5 Å². The summed E-state index contributed by atoms with van der Waals surface area (Å²) in [5.41, 5.74) is 0.363. The summed E-state index contributed by atoms with van der Waals surface area (Å²) in [6.07, 6.45) is -0.808. The molecule has 2 aromatic rings. The summed E-state index contributed by atoms with van der Waals surface area (Å²) >= 11 is 0. The van der Waals surface area contributed by atoms with E-state index >= 15 is 0 Å². The Labute approximate surface area is 178 Å². The average molecular weight is 429 g/mol. The van der Waals surface area contributed by atoms with E-state index < -0.39 is 22.8 Å². The molecule has 0 radical (unpaired) electrons. The van der Waals surface area contributed by atoms with Crippen molar-refractivity contribution in [2.45, 2.75) is 20.0 Å². The number of nitro benzene ring substituents is 1. The molecule has 31 heavy (non-hydrogen) atoms. The third-order valence-corrected chi connectivity index (χ3v) is 4.80. The second kappa shape index (κ2) is 8.90. The van der Waals surface area contributed by atoms with Gasteiger partial charge in [0.1, 0.15) is 23.8 Å². The monoisotopic (exact) mass is 429 g/mol. The predicted octanol–water partition coefficient (Wildman–Crippen LogP) is 3.00. The number of anilines is 2. The van der Waals surface area contributed by atoms with Gasteiger partial charge in [-0.3, -0.25) is 24.6 Å². The number of nitro groups is 1. The molecule has 1 N–H and O–H groups in total. The molecule has 0 bridgehead atoms. The normalized spacial score (nSPS) is 15.2. The molecule has 2 aromatic carbocycles. The lowest BCUT2D eigenvalue weighted by molar-refractivity contribution is -0.384. The van der Waals surface area contributed by atoms with E-state index in [2.05, 4.69) is 5.32 Å². The molecule has 10 nitrogen and oxygen atoms in total. The number of hydrogen-bond donors (Lipinski definition) is 1. The second-order valence-electron chi connectivity index (χ2n) is 7.23. The summed E-state index contributed by atoms with van der Waals surface area (Å²) in [4.78, 5) is 37.6. The third-order valence-electron chi connectivity index (χ3n) is 4.80. The number of rotatable bonds is 7. The zero-order valence-corrected chi connectivity index (χ0v) is 17.6. The number of benzene rings is 2. The Morgan fingerprint density at radius 3 is 2.58 bits per heavy atom. The van der Waals surface area contributed by atoms with Gasteiger partial charge in [-0.25, -0.2) is 0 Å². The number of fused-ring (bicyclic) bond motifs is 1. The van der Waals surface area contributed by atoms with E-state index in [0.717, 1.165) is 0 Å². The van der Waals surface area contributed by atoms with Crippen molar-refractivity contribution < 1.29 is 28.7 Å². The van der Waals surface area contributed by atoms with Gasteiger partial charge < -0.3 is 19.5 Å². The highest BCUT2D eigenvalue weighted by Crippen LogP contribution is 2.38. The number of nitrogens with one attached hydrogen (secondary N) is 1. The van der Waals surface area contributed by atoms with Crippen LogP contribution in [0.1, 0.15) is 13.8 Å². The standard InChI is InChI=1S/C21H23N3O7/c1-12(2)20-21(26)23(16-9-13(24(27)28)5-8-17(16)31-20)11-19(25)22-15-7-6-14(29-3)10-18(15)30-4/h5-10,12,20H,11H2,1-4H3,(H,22,25). The quantitative estimate of drug-likeness (QED) is 0.530. The number of carbonyl (C=O) groups is 2. The highest BCUT2D eigenvalue weighted by molar-refractivity contribution is 6.06. The molecular formula is C21H23N3O7. The Balaban J connectivity index is 1.90. The molecule has 0 aromatic heterocycles. The van der Waals surface area contributed by atoms with E-state index in [1.807, 2.05) is 13.8 Å². The molecule has 0 fully saturated rings. The SMILES string of the molecule is COc1ccc(NC(=O)CN2C(=O)C(C(C)C)Oc3ccc([N+](=O)[O-])cc32)c(OC)c1. The van der Waals surface area contributed by atoms with Crippen LogP contribution < -0.4 is 24.4 Å². The van der Waals surface area contributed by atoms with Crippen LogP contribution in [0.25, 0.3) is 0 Å². The summed E-state index contributed by atoms with van der Waals surface area (Å²) < 4.78 is 16.2. The van der Waals surface area contributed by atoms with E-state index in [9.17, 15) is 19.7 Å². The fourth-order valence-corrected chi connectivity index (χ4v) is 3.21. The van der Waals surface area contributed by atoms with Crippen molar-refractivity contribution in [2.24, 2.45) is 5.92 Å². The largest absolute Gasteiger partial charge is 0.497 e. The van der Waals surface area contributed by atoms with Crippen LogP contribution in [0.3, 0.4) is 0 Å². The van der Waals surface area contributed by atoms with Crippen LogP contribution >= 0.6 is 0 Å². The average Bonchev–Trinajstić information content (AvgIpc) is 2.75. The molecule has 1 atom stereocenters. The van der Waals surface area contributed by atoms with Crippen LogP contribution in [0.5, 0.6) is 17.2 Å². The first-order valence-corrected chi connectivity index (χ1v) is 9.53. The molecule has 1 unspecified atom stereocenters. The van der Waals surface area contributed by atoms with Crippen molar-refractivity contribution in [1.82, 2.24) is 0 Å². The molecule has 0 saturated heterocycles. The van der Waals surface area contributed by atoms with Gasteiger partial charge in [0, 0.05) is 18.2 Å². The van der Waals surface area contributed by atoms with E-state index in [-0.39, 0.29) is 23.8 Å². The Hall–Kier alpha value is -3.82. The predicted molar refractivity (Wildman–Crippen MR) is 113 cm³/mol. The maximum absolute atomic E-state index is 13.0. The molecule has 164 valence electrons. The van der Waals surface area contributed by atoms with Crippen molar-refractivity contribution in [3.63, 3.8) is 0 Å². The van der Waals surface area contributed by atoms with E-state index in [1.165, 1.54) is 37.3 Å². The minimum Gasteiger partial charge on any atom is -0.497 e. The first-order chi connectivity index (χ1) is 14.7. The Morgan fingerprint density at radius 2 is 1.97 bits per heavy atom. The highest BCUT2D eigenvalue weighted by Gasteiger charge is 2.38. The van der Waals surface area contributed by atoms with Gasteiger partial charge in [-0.05, 0) is 24.1 Å². The number of amides is 2. The minimum atomic E-state index is -0.808. The zero-order chi connectivity index (χ0) is 22.7. The van der Waals surface area contributed by atoms with Crippen molar-refractivity contribution >= 4 is 28.9 Å². The summed E-state index contributed by atoms with van der Waals surface area (Å²) in [6.45, 7) is 3.29. The Morgan fingerprint density at radius 1 is 1.23 bits per heavy atom. The van der Waals surface area contributed by atoms with Gasteiger partial charge in [0.2, 0.25) is 5.91 Å². The van der Waals surface area contributed by atoms with Gasteiger partial charge in [0.05, 0.1) is 30.5 Å². The zero-order valence-electron chi connectivity index (χ0n) is 17.6. The van der Waals surface area contributed by atoms with Crippen LogP contribution in [-0.2, 0) is 9.59 Å². The number of carbonyl (C=O) groups excluding carboxylic acids is 2. The van der Waals surface area contributed by atoms with E-state index in [0.29, 0.717) is 22.9 Å². The van der Waals surface area contributed by atoms with E-state index in [4.69, 9.17) is 14.2 Å². The molecule has 1 aliphatic rings. The maximum atomic E-state index is 13.0. The number of nitrogens with zero attached hydrogens (tertiary/aromatic N) is 2. The summed E-state index contributed by atoms with van der Waals surface area (Å²) in [5.74, 6) is 0.136. The Kier molecular flexibility index (Phi) is 6.28. The van der Waals surface area contributed by atoms with Gasteiger partial charge in [0.25, 0.3) is 11.6 Å². The summed E-state index contributed by atoms with van der Waals surface area (Å²) in [6, 6.07) is 8.85. The van der Waals surface area contributed by atoms with Crippen LogP contribution in [0.2, 0.25) is 0 Å². The minimum absolute atomic E-state index is 0.164. The highest BCUT2D eigenvalue weighted by atomic mass is 16.6. The van der Waals surface area contributed by atoms with Crippen molar-refractivity contribution in [3.8, 4) is 17.2 Å². The number of non-ortho nitro benzene ring substituents is 1. The first kappa shape index (κ1) is 21.9. The molecule has 0 saturated carbocycles. The van der Waals surface area contributed by atoms with Crippen LogP contribution in [-0.4, -0.2) is 43.6 Å². The lowest BCUT2D eigenvalue weighted by Gasteiger charge is -2.35. The van der Waals surface area contributed by atoms with Gasteiger partial charge in [0.15, 0.2) is 6.10 Å². The molecule has 10 heteroatoms. The van der Waals surface area contributed by atoms with Gasteiger partial charge in [-0.15, -0.1) is 0 Å². The molecule has 2 amide bonds. The summed E-state index contributed by atoms with van der Waals surface area (Å²) in [7, 11) is 2.97. The lowest BCUT2D eigenvalue weighted by atomic mass is 10.0. The van der Waals surface area contributed by atoms with Crippen molar-refractivity contribution in [2.75, 3.05) is 31.0 Å². The molecule has 1 aliphatic heterocycles. The third kappa shape index (κ3) is 4.52. The molecule has 0 spiro atoms. The first-order valence-electron chi connectivity index (χ1n) is 9.53. The van der Waals surface area contributed by atoms with E-state index in [1.54, 1.807) is 18.2 Å². The fraction of sp³-hybridized carbons (Fsp3) is 0.333. The smallest absolute Gasteiger partial charge is 0.271 e. The van der Waals surface area contributed by atoms with Crippen molar-refractivity contribution in [1.29, 1.82) is 0 Å². The maximum Gasteiger partial charge on any atom is 0.271 e. The molecule has 1 heterocycles. The number of methoxy groups -OCH3 is 2. The van der Waals surface area contributed by atoms with Gasteiger partial charge in [-0.1, -0.05) is 13.8 Å². The summed E-state index contributed by atoms with van der Waals surface area (Å²) in [5, 5.41) is 13.9. The topological polar surface area (TPSA) is 120 Å². The second-order valence-corrected chi connectivity index (χ2v) is 7.23. The molecular weight excluding hydrogens is 406 g/mol. The Bertz CT molecular complexity index is 1020.